The molecule has 1 aromatic heterocycles. The normalized spacial score (nSPS) is 10.6. The highest BCUT2D eigenvalue weighted by Gasteiger charge is 2.02. The third kappa shape index (κ3) is 4.02. The van der Waals surface area contributed by atoms with E-state index in [-0.39, 0.29) is 5.56 Å². The van der Waals surface area contributed by atoms with E-state index in [1.807, 2.05) is 30.3 Å². The third-order valence-electron chi connectivity index (χ3n) is 2.97. The van der Waals surface area contributed by atoms with Gasteiger partial charge in [0, 0.05) is 11.8 Å². The Morgan fingerprint density at radius 2 is 2.05 bits per heavy atom. The lowest BCUT2D eigenvalue weighted by Crippen LogP contribution is -2.20. The lowest BCUT2D eigenvalue weighted by atomic mass is 10.2. The van der Waals surface area contributed by atoms with E-state index in [1.54, 1.807) is 10.7 Å². The van der Waals surface area contributed by atoms with Gasteiger partial charge in [-0.05, 0) is 25.0 Å². The zero-order valence-electron chi connectivity index (χ0n) is 11.3. The van der Waals surface area contributed by atoms with Crippen LogP contribution in [0, 0.1) is 0 Å². The Hall–Kier alpha value is -1.97. The van der Waals surface area contributed by atoms with Gasteiger partial charge in [0.1, 0.15) is 12.4 Å². The molecule has 0 amide bonds. The second kappa shape index (κ2) is 6.83. The van der Waals surface area contributed by atoms with E-state index in [1.165, 1.54) is 0 Å². The van der Waals surface area contributed by atoms with Crippen LogP contribution in [0.25, 0.3) is 0 Å². The largest absolute Gasteiger partial charge is 0.492 e. The second-order valence-electron chi connectivity index (χ2n) is 4.54. The Morgan fingerprint density at radius 1 is 1.26 bits per heavy atom. The molecule has 102 valence electrons. The summed E-state index contributed by atoms with van der Waals surface area (Å²) < 4.78 is 7.18. The van der Waals surface area contributed by atoms with Gasteiger partial charge in [-0.2, -0.15) is 0 Å². The van der Waals surface area contributed by atoms with E-state index in [9.17, 15) is 4.79 Å². The summed E-state index contributed by atoms with van der Waals surface area (Å²) in [5, 5.41) is 3.13. The van der Waals surface area contributed by atoms with Crippen LogP contribution in [0.1, 0.15) is 25.5 Å². The Bertz CT molecular complexity index is 543. The number of nitrogens with one attached hydrogen (secondary N) is 1. The molecule has 0 spiro atoms. The summed E-state index contributed by atoms with van der Waals surface area (Å²) in [4.78, 5) is 11.7. The first-order valence-electron chi connectivity index (χ1n) is 6.76. The first kappa shape index (κ1) is 13.5. The number of benzene rings is 1. The Balaban J connectivity index is 1.86. The minimum absolute atomic E-state index is 0.0164. The summed E-state index contributed by atoms with van der Waals surface area (Å²) >= 11 is 0. The summed E-state index contributed by atoms with van der Waals surface area (Å²) in [5.41, 5.74) is 1.02. The SMILES string of the molecule is CCCCc1cc(=O)n(CCOc2ccccc2)[nH]1. The van der Waals surface area contributed by atoms with Crippen LogP contribution in [-0.2, 0) is 13.0 Å². The summed E-state index contributed by atoms with van der Waals surface area (Å²) in [7, 11) is 0. The maximum atomic E-state index is 11.7. The molecule has 2 aromatic rings. The van der Waals surface area contributed by atoms with Gasteiger partial charge in [0.2, 0.25) is 0 Å². The fourth-order valence-electron chi connectivity index (χ4n) is 1.92. The van der Waals surface area contributed by atoms with Crippen molar-refractivity contribution < 1.29 is 4.74 Å². The number of unbranched alkanes of at least 4 members (excludes halogenated alkanes) is 1. The van der Waals surface area contributed by atoms with Crippen molar-refractivity contribution in [2.75, 3.05) is 6.61 Å². The van der Waals surface area contributed by atoms with Gasteiger partial charge < -0.3 is 4.74 Å². The lowest BCUT2D eigenvalue weighted by Gasteiger charge is -2.06. The summed E-state index contributed by atoms with van der Waals surface area (Å²) in [6.45, 7) is 3.17. The van der Waals surface area contributed by atoms with Gasteiger partial charge in [0.05, 0.1) is 6.54 Å². The third-order valence-corrected chi connectivity index (χ3v) is 2.97. The molecule has 1 aromatic carbocycles. The van der Waals surface area contributed by atoms with Crippen molar-refractivity contribution >= 4 is 0 Å². The van der Waals surface area contributed by atoms with Crippen molar-refractivity contribution in [1.82, 2.24) is 9.78 Å². The fourth-order valence-corrected chi connectivity index (χ4v) is 1.92. The number of aryl methyl sites for hydroxylation is 1. The monoisotopic (exact) mass is 260 g/mol. The smallest absolute Gasteiger partial charge is 0.266 e. The molecule has 0 bridgehead atoms. The molecule has 0 saturated heterocycles. The molecule has 2 rings (SSSR count). The molecule has 1 heterocycles. The number of ether oxygens (including phenoxy) is 1. The maximum Gasteiger partial charge on any atom is 0.266 e. The molecule has 0 saturated carbocycles. The first-order chi connectivity index (χ1) is 9.29. The summed E-state index contributed by atoms with van der Waals surface area (Å²) in [6, 6.07) is 11.3. The fraction of sp³-hybridized carbons (Fsp3) is 0.400. The molecule has 4 nitrogen and oxygen atoms in total. The minimum atomic E-state index is 0.0164. The number of rotatable bonds is 7. The predicted molar refractivity (Wildman–Crippen MR) is 75.6 cm³/mol. The van der Waals surface area contributed by atoms with Gasteiger partial charge in [-0.3, -0.25) is 9.89 Å². The van der Waals surface area contributed by atoms with Crippen molar-refractivity contribution in [2.24, 2.45) is 0 Å². The van der Waals surface area contributed by atoms with Crippen LogP contribution in [0.5, 0.6) is 5.75 Å². The number of H-pyrrole nitrogens is 1. The van der Waals surface area contributed by atoms with Crippen LogP contribution in [0.15, 0.2) is 41.2 Å². The van der Waals surface area contributed by atoms with Crippen molar-refractivity contribution in [2.45, 2.75) is 32.7 Å². The van der Waals surface area contributed by atoms with Crippen LogP contribution < -0.4 is 10.3 Å². The van der Waals surface area contributed by atoms with Crippen LogP contribution in [0.4, 0.5) is 0 Å². The van der Waals surface area contributed by atoms with Crippen LogP contribution in [0.2, 0.25) is 0 Å². The summed E-state index contributed by atoms with van der Waals surface area (Å²) in [6.07, 6.45) is 3.16. The zero-order chi connectivity index (χ0) is 13.5. The molecule has 0 atom stereocenters. The number of para-hydroxylation sites is 1. The molecule has 19 heavy (non-hydrogen) atoms. The van der Waals surface area contributed by atoms with Gasteiger partial charge in [-0.15, -0.1) is 0 Å². The molecule has 0 aliphatic heterocycles. The first-order valence-corrected chi connectivity index (χ1v) is 6.76. The molecular weight excluding hydrogens is 240 g/mol. The van der Waals surface area contributed by atoms with Crippen molar-refractivity contribution in [1.29, 1.82) is 0 Å². The number of aromatic amines is 1. The quantitative estimate of drug-likeness (QED) is 0.831. The van der Waals surface area contributed by atoms with Gasteiger partial charge >= 0.3 is 0 Å². The molecule has 1 N–H and O–H groups in total. The molecule has 0 radical (unpaired) electrons. The Labute approximate surface area is 113 Å². The lowest BCUT2D eigenvalue weighted by molar-refractivity contribution is 0.289. The number of hydrogen-bond donors (Lipinski definition) is 1. The van der Waals surface area contributed by atoms with Crippen LogP contribution >= 0.6 is 0 Å². The number of hydrogen-bond acceptors (Lipinski definition) is 2. The second-order valence-corrected chi connectivity index (χ2v) is 4.54. The average molecular weight is 260 g/mol. The topological polar surface area (TPSA) is 47.0 Å². The van der Waals surface area contributed by atoms with E-state index >= 15 is 0 Å². The standard InChI is InChI=1S/C15H20N2O2/c1-2-3-7-13-12-15(18)17(16-13)10-11-19-14-8-5-4-6-9-14/h4-6,8-9,12,16H,2-3,7,10-11H2,1H3. The van der Waals surface area contributed by atoms with E-state index in [4.69, 9.17) is 4.74 Å². The predicted octanol–water partition coefficient (Wildman–Crippen LogP) is 2.60. The van der Waals surface area contributed by atoms with Crippen LogP contribution in [0.3, 0.4) is 0 Å². The summed E-state index contributed by atoms with van der Waals surface area (Å²) in [5.74, 6) is 0.827. The van der Waals surface area contributed by atoms with Crippen LogP contribution in [-0.4, -0.2) is 16.4 Å². The average Bonchev–Trinajstić information content (AvgIpc) is 2.78. The highest BCUT2D eigenvalue weighted by Crippen LogP contribution is 2.07. The molecule has 0 unspecified atom stereocenters. The Kier molecular flexibility index (Phi) is 4.84. The van der Waals surface area contributed by atoms with Gasteiger partial charge in [0.15, 0.2) is 0 Å². The highest BCUT2D eigenvalue weighted by atomic mass is 16.5. The van der Waals surface area contributed by atoms with E-state index < -0.39 is 0 Å². The van der Waals surface area contributed by atoms with Gasteiger partial charge in [-0.1, -0.05) is 31.5 Å². The van der Waals surface area contributed by atoms with Crippen molar-refractivity contribution in [3.63, 3.8) is 0 Å². The molecular formula is C15H20N2O2. The van der Waals surface area contributed by atoms with Crippen molar-refractivity contribution in [3.8, 4) is 5.75 Å². The zero-order valence-corrected chi connectivity index (χ0v) is 11.3. The molecule has 0 aliphatic rings. The molecule has 0 fully saturated rings. The van der Waals surface area contributed by atoms with Gasteiger partial charge in [0.25, 0.3) is 5.56 Å². The number of nitrogens with zero attached hydrogens (tertiary/aromatic N) is 1. The Morgan fingerprint density at radius 3 is 2.79 bits per heavy atom. The van der Waals surface area contributed by atoms with E-state index in [2.05, 4.69) is 12.0 Å². The van der Waals surface area contributed by atoms with E-state index in [0.717, 1.165) is 30.7 Å². The highest BCUT2D eigenvalue weighted by molar-refractivity contribution is 5.20. The molecule has 0 aliphatic carbocycles. The number of aromatic nitrogens is 2. The van der Waals surface area contributed by atoms with E-state index in [0.29, 0.717) is 13.2 Å². The minimum Gasteiger partial charge on any atom is -0.492 e. The van der Waals surface area contributed by atoms with Crippen molar-refractivity contribution in [3.05, 3.63) is 52.4 Å². The molecule has 4 heteroatoms. The maximum absolute atomic E-state index is 11.7. The van der Waals surface area contributed by atoms with Gasteiger partial charge in [-0.25, -0.2) is 4.68 Å².